The molecule has 1 aromatic heterocycles. The Labute approximate surface area is 106 Å². The fourth-order valence-electron chi connectivity index (χ4n) is 1.73. The normalized spacial score (nSPS) is 12.6. The Bertz CT molecular complexity index is 493. The van der Waals surface area contributed by atoms with Crippen molar-refractivity contribution in [3.8, 4) is 11.4 Å². The summed E-state index contributed by atoms with van der Waals surface area (Å²) in [6, 6.07) is 7.39. The molecule has 5 nitrogen and oxygen atoms in total. The Hall–Kier alpha value is -1.88. The highest BCUT2D eigenvalue weighted by atomic mass is 16.5. The number of rotatable bonds is 5. The number of nitrogens with two attached hydrogens (primary N) is 1. The minimum absolute atomic E-state index is 0.356. The molecule has 1 heterocycles. The summed E-state index contributed by atoms with van der Waals surface area (Å²) in [6.07, 6.45) is 0.718. The van der Waals surface area contributed by atoms with Gasteiger partial charge in [0.15, 0.2) is 0 Å². The fourth-order valence-corrected chi connectivity index (χ4v) is 1.73. The molecule has 0 amide bonds. The maximum atomic E-state index is 5.63. The van der Waals surface area contributed by atoms with Gasteiger partial charge in [0.05, 0.1) is 0 Å². The fraction of sp³-hybridized carbons (Fsp3) is 0.385. The van der Waals surface area contributed by atoms with E-state index in [1.165, 1.54) is 0 Å². The van der Waals surface area contributed by atoms with Gasteiger partial charge in [-0.1, -0.05) is 12.1 Å². The van der Waals surface area contributed by atoms with Crippen molar-refractivity contribution in [2.75, 3.05) is 19.5 Å². The molecule has 0 saturated carbocycles. The van der Waals surface area contributed by atoms with Crippen molar-refractivity contribution in [1.29, 1.82) is 0 Å². The summed E-state index contributed by atoms with van der Waals surface area (Å²) < 4.78 is 10.3. The van der Waals surface area contributed by atoms with Crippen molar-refractivity contribution in [1.82, 2.24) is 10.1 Å². The Balaban J connectivity index is 2.08. The van der Waals surface area contributed by atoms with E-state index < -0.39 is 0 Å². The summed E-state index contributed by atoms with van der Waals surface area (Å²) in [5.74, 6) is 1.58. The lowest BCUT2D eigenvalue weighted by Crippen LogP contribution is -2.07. The molecule has 0 saturated heterocycles. The van der Waals surface area contributed by atoms with Gasteiger partial charge in [-0.15, -0.1) is 0 Å². The van der Waals surface area contributed by atoms with Crippen LogP contribution in [0, 0.1) is 5.92 Å². The molecule has 0 fully saturated rings. The standard InChI is InChI=1S/C13H17N3O2/c1-9(8-17-2)7-12-15-13(16-18-12)10-3-5-11(14)6-4-10/h3-6,9H,7-8,14H2,1-2H3. The zero-order chi connectivity index (χ0) is 13.0. The van der Waals surface area contributed by atoms with E-state index >= 15 is 0 Å². The number of hydrogen-bond acceptors (Lipinski definition) is 5. The molecule has 2 aromatic rings. The summed E-state index contributed by atoms with van der Waals surface area (Å²) in [5.41, 5.74) is 7.25. The lowest BCUT2D eigenvalue weighted by Gasteiger charge is -2.05. The van der Waals surface area contributed by atoms with Crippen LogP contribution >= 0.6 is 0 Å². The number of ether oxygens (including phenoxy) is 1. The van der Waals surface area contributed by atoms with Gasteiger partial charge in [0, 0.05) is 31.4 Å². The van der Waals surface area contributed by atoms with Crippen molar-refractivity contribution in [2.24, 2.45) is 5.92 Å². The highest BCUT2D eigenvalue weighted by Crippen LogP contribution is 2.18. The molecule has 5 heteroatoms. The van der Waals surface area contributed by atoms with Crippen molar-refractivity contribution in [2.45, 2.75) is 13.3 Å². The molecular weight excluding hydrogens is 230 g/mol. The van der Waals surface area contributed by atoms with Crippen LogP contribution in [0.2, 0.25) is 0 Å². The van der Waals surface area contributed by atoms with Crippen molar-refractivity contribution in [3.63, 3.8) is 0 Å². The molecule has 0 aliphatic carbocycles. The summed E-state index contributed by atoms with van der Waals surface area (Å²) >= 11 is 0. The Morgan fingerprint density at radius 2 is 2.06 bits per heavy atom. The van der Waals surface area contributed by atoms with Gasteiger partial charge >= 0.3 is 0 Å². The van der Waals surface area contributed by atoms with E-state index in [1.54, 1.807) is 7.11 Å². The first-order chi connectivity index (χ1) is 8.69. The van der Waals surface area contributed by atoms with Gasteiger partial charge in [0.2, 0.25) is 11.7 Å². The van der Waals surface area contributed by atoms with Gasteiger partial charge < -0.3 is 15.0 Å². The molecular formula is C13H17N3O2. The van der Waals surface area contributed by atoms with Crippen molar-refractivity contribution in [3.05, 3.63) is 30.2 Å². The van der Waals surface area contributed by atoms with Gasteiger partial charge in [-0.2, -0.15) is 4.98 Å². The Morgan fingerprint density at radius 1 is 1.33 bits per heavy atom. The average molecular weight is 247 g/mol. The molecule has 1 atom stereocenters. The zero-order valence-electron chi connectivity index (χ0n) is 10.6. The third-order valence-corrected chi connectivity index (χ3v) is 2.61. The van der Waals surface area contributed by atoms with E-state index in [0.717, 1.165) is 17.7 Å². The SMILES string of the molecule is COCC(C)Cc1nc(-c2ccc(N)cc2)no1. The maximum absolute atomic E-state index is 5.63. The van der Waals surface area contributed by atoms with Gasteiger partial charge in [-0.25, -0.2) is 0 Å². The summed E-state index contributed by atoms with van der Waals surface area (Å²) in [5, 5.41) is 3.96. The molecule has 2 N–H and O–H groups in total. The van der Waals surface area contributed by atoms with Crippen LogP contribution in [0.15, 0.2) is 28.8 Å². The van der Waals surface area contributed by atoms with Crippen molar-refractivity contribution >= 4 is 5.69 Å². The summed E-state index contributed by atoms with van der Waals surface area (Å²) in [6.45, 7) is 2.76. The minimum atomic E-state index is 0.356. The van der Waals surface area contributed by atoms with E-state index in [4.69, 9.17) is 15.0 Å². The van der Waals surface area contributed by atoms with Gasteiger partial charge in [0.1, 0.15) is 0 Å². The molecule has 0 radical (unpaired) electrons. The van der Waals surface area contributed by atoms with Crippen LogP contribution in [0.3, 0.4) is 0 Å². The van der Waals surface area contributed by atoms with Crippen molar-refractivity contribution < 1.29 is 9.26 Å². The number of anilines is 1. The van der Waals surface area contributed by atoms with Gasteiger partial charge in [-0.3, -0.25) is 0 Å². The lowest BCUT2D eigenvalue weighted by molar-refractivity contribution is 0.155. The molecule has 1 unspecified atom stereocenters. The summed E-state index contributed by atoms with van der Waals surface area (Å²) in [4.78, 5) is 4.36. The van der Waals surface area contributed by atoms with E-state index in [2.05, 4.69) is 17.1 Å². The smallest absolute Gasteiger partial charge is 0.227 e. The minimum Gasteiger partial charge on any atom is -0.399 e. The molecule has 0 spiro atoms. The number of methoxy groups -OCH3 is 1. The van der Waals surface area contributed by atoms with Crippen LogP contribution < -0.4 is 5.73 Å². The lowest BCUT2D eigenvalue weighted by atomic mass is 10.1. The molecule has 96 valence electrons. The average Bonchev–Trinajstić information content (AvgIpc) is 2.78. The van der Waals surface area contributed by atoms with Crippen LogP contribution in [-0.2, 0) is 11.2 Å². The zero-order valence-corrected chi connectivity index (χ0v) is 10.6. The molecule has 2 rings (SSSR count). The number of nitrogens with zero attached hydrogens (tertiary/aromatic N) is 2. The number of benzene rings is 1. The molecule has 1 aromatic carbocycles. The maximum Gasteiger partial charge on any atom is 0.227 e. The molecule has 0 bridgehead atoms. The highest BCUT2D eigenvalue weighted by molar-refractivity contribution is 5.57. The largest absolute Gasteiger partial charge is 0.399 e. The van der Waals surface area contributed by atoms with E-state index in [-0.39, 0.29) is 0 Å². The quantitative estimate of drug-likeness (QED) is 0.819. The van der Waals surface area contributed by atoms with Crippen LogP contribution in [0.5, 0.6) is 0 Å². The second-order valence-corrected chi connectivity index (χ2v) is 4.40. The van der Waals surface area contributed by atoms with E-state index in [9.17, 15) is 0 Å². The first-order valence-corrected chi connectivity index (χ1v) is 5.86. The van der Waals surface area contributed by atoms with E-state index in [0.29, 0.717) is 24.2 Å². The first-order valence-electron chi connectivity index (χ1n) is 5.86. The van der Waals surface area contributed by atoms with Gasteiger partial charge in [-0.05, 0) is 30.2 Å². The van der Waals surface area contributed by atoms with Crippen LogP contribution in [0.4, 0.5) is 5.69 Å². The monoisotopic (exact) mass is 247 g/mol. The number of hydrogen-bond donors (Lipinski definition) is 1. The number of aromatic nitrogens is 2. The predicted octanol–water partition coefficient (Wildman–Crippen LogP) is 2.14. The Morgan fingerprint density at radius 3 is 2.72 bits per heavy atom. The third-order valence-electron chi connectivity index (χ3n) is 2.61. The van der Waals surface area contributed by atoms with Crippen LogP contribution in [-0.4, -0.2) is 23.9 Å². The van der Waals surface area contributed by atoms with Crippen LogP contribution in [0.25, 0.3) is 11.4 Å². The first kappa shape index (κ1) is 12.6. The topological polar surface area (TPSA) is 74.2 Å². The molecule has 18 heavy (non-hydrogen) atoms. The highest BCUT2D eigenvalue weighted by Gasteiger charge is 2.11. The third kappa shape index (κ3) is 3.07. The predicted molar refractivity (Wildman–Crippen MR) is 68.9 cm³/mol. The number of nitrogen functional groups attached to an aromatic ring is 1. The second-order valence-electron chi connectivity index (χ2n) is 4.40. The van der Waals surface area contributed by atoms with E-state index in [1.807, 2.05) is 24.3 Å². The van der Waals surface area contributed by atoms with Gasteiger partial charge in [0.25, 0.3) is 0 Å². The molecule has 0 aliphatic heterocycles. The van der Waals surface area contributed by atoms with Crippen LogP contribution in [0.1, 0.15) is 12.8 Å². The molecule has 0 aliphatic rings. The second kappa shape index (κ2) is 5.64. The Kier molecular flexibility index (Phi) is 3.94. The summed E-state index contributed by atoms with van der Waals surface area (Å²) in [7, 11) is 1.68.